The molecule has 0 saturated heterocycles. The monoisotopic (exact) mass is 378 g/mol. The maximum absolute atomic E-state index is 12.0. The van der Waals surface area contributed by atoms with Crippen LogP contribution in [-0.2, 0) is 16.0 Å². The van der Waals surface area contributed by atoms with Gasteiger partial charge in [-0.05, 0) is 45.8 Å². The van der Waals surface area contributed by atoms with E-state index in [9.17, 15) is 9.59 Å². The zero-order valence-electron chi connectivity index (χ0n) is 11.9. The Morgan fingerprint density at radius 2 is 2.00 bits per heavy atom. The van der Waals surface area contributed by atoms with Crippen molar-refractivity contribution in [3.05, 3.63) is 56.7 Å². The van der Waals surface area contributed by atoms with Gasteiger partial charge in [-0.2, -0.15) is 0 Å². The standard InChI is InChI=1S/C16H15BrN2O2S/c1-18-16(21)10-11-4-2-3-5-13(11)19-15(20)9-7-12-6-8-14(17)22-12/h2-9H,10H2,1H3,(H,18,21)(H,19,20)/b9-7+. The van der Waals surface area contributed by atoms with Gasteiger partial charge in [-0.15, -0.1) is 11.3 Å². The third kappa shape index (κ3) is 4.82. The molecule has 2 aromatic rings. The van der Waals surface area contributed by atoms with Crippen molar-refractivity contribution in [3.8, 4) is 0 Å². The first-order valence-electron chi connectivity index (χ1n) is 6.61. The molecule has 4 nitrogen and oxygen atoms in total. The lowest BCUT2D eigenvalue weighted by Crippen LogP contribution is -2.21. The van der Waals surface area contributed by atoms with Crippen LogP contribution in [0.2, 0.25) is 0 Å². The number of benzene rings is 1. The van der Waals surface area contributed by atoms with E-state index in [-0.39, 0.29) is 18.2 Å². The number of nitrogens with one attached hydrogen (secondary N) is 2. The largest absolute Gasteiger partial charge is 0.359 e. The Hall–Kier alpha value is -1.92. The fraction of sp³-hybridized carbons (Fsp3) is 0.125. The van der Waals surface area contributed by atoms with Crippen LogP contribution >= 0.6 is 27.3 Å². The van der Waals surface area contributed by atoms with E-state index in [0.717, 1.165) is 14.2 Å². The van der Waals surface area contributed by atoms with Crippen molar-refractivity contribution in [2.75, 3.05) is 12.4 Å². The lowest BCUT2D eigenvalue weighted by atomic mass is 10.1. The zero-order valence-corrected chi connectivity index (χ0v) is 14.3. The molecular formula is C16H15BrN2O2S. The normalized spacial score (nSPS) is 10.6. The highest BCUT2D eigenvalue weighted by molar-refractivity contribution is 9.11. The first-order chi connectivity index (χ1) is 10.6. The number of hydrogen-bond acceptors (Lipinski definition) is 3. The molecule has 0 aliphatic carbocycles. The third-order valence-electron chi connectivity index (χ3n) is 2.90. The van der Waals surface area contributed by atoms with Crippen LogP contribution in [-0.4, -0.2) is 18.9 Å². The summed E-state index contributed by atoms with van der Waals surface area (Å²) >= 11 is 4.93. The number of anilines is 1. The van der Waals surface area contributed by atoms with E-state index in [2.05, 4.69) is 26.6 Å². The molecule has 0 spiro atoms. The van der Waals surface area contributed by atoms with Gasteiger partial charge in [-0.1, -0.05) is 18.2 Å². The van der Waals surface area contributed by atoms with Gasteiger partial charge in [-0.3, -0.25) is 9.59 Å². The highest BCUT2D eigenvalue weighted by atomic mass is 79.9. The van der Waals surface area contributed by atoms with Crippen LogP contribution in [0, 0.1) is 0 Å². The van der Waals surface area contributed by atoms with E-state index in [1.165, 1.54) is 6.08 Å². The van der Waals surface area contributed by atoms with Crippen LogP contribution in [0.15, 0.2) is 46.3 Å². The maximum Gasteiger partial charge on any atom is 0.248 e. The Balaban J connectivity index is 2.05. The summed E-state index contributed by atoms with van der Waals surface area (Å²) < 4.78 is 1.02. The fourth-order valence-corrected chi connectivity index (χ4v) is 3.13. The molecule has 2 rings (SSSR count). The Kier molecular flexibility index (Phi) is 5.91. The number of carbonyl (C=O) groups is 2. The van der Waals surface area contributed by atoms with Gasteiger partial charge in [0.2, 0.25) is 11.8 Å². The summed E-state index contributed by atoms with van der Waals surface area (Å²) in [7, 11) is 1.59. The van der Waals surface area contributed by atoms with Crippen LogP contribution in [0.5, 0.6) is 0 Å². The lowest BCUT2D eigenvalue weighted by Gasteiger charge is -2.09. The van der Waals surface area contributed by atoms with Gasteiger partial charge in [0.25, 0.3) is 0 Å². The molecule has 1 aromatic carbocycles. The molecule has 0 saturated carbocycles. The predicted octanol–water partition coefficient (Wildman–Crippen LogP) is 3.45. The van der Waals surface area contributed by atoms with E-state index in [0.29, 0.717) is 5.69 Å². The third-order valence-corrected chi connectivity index (χ3v) is 4.49. The van der Waals surface area contributed by atoms with Crippen LogP contribution in [0.25, 0.3) is 6.08 Å². The number of rotatable bonds is 5. The predicted molar refractivity (Wildman–Crippen MR) is 93.9 cm³/mol. The Bertz CT molecular complexity index is 710. The van der Waals surface area contributed by atoms with Gasteiger partial charge in [0, 0.05) is 23.7 Å². The van der Waals surface area contributed by atoms with Gasteiger partial charge in [0.1, 0.15) is 0 Å². The summed E-state index contributed by atoms with van der Waals surface area (Å²) in [5.74, 6) is -0.324. The highest BCUT2D eigenvalue weighted by Crippen LogP contribution is 2.23. The van der Waals surface area contributed by atoms with Crippen LogP contribution < -0.4 is 10.6 Å². The number of likely N-dealkylation sites (N-methyl/N-ethyl adjacent to an activating group) is 1. The molecule has 0 radical (unpaired) electrons. The van der Waals surface area contributed by atoms with Crippen molar-refractivity contribution < 1.29 is 9.59 Å². The minimum absolute atomic E-state index is 0.0966. The van der Waals surface area contributed by atoms with E-state index < -0.39 is 0 Å². The molecule has 0 fully saturated rings. The molecule has 6 heteroatoms. The number of para-hydroxylation sites is 1. The van der Waals surface area contributed by atoms with Crippen molar-refractivity contribution in [2.24, 2.45) is 0 Å². The molecule has 2 amide bonds. The number of carbonyl (C=O) groups excluding carboxylic acids is 2. The number of halogens is 1. The average molecular weight is 379 g/mol. The molecule has 0 bridgehead atoms. The quantitative estimate of drug-likeness (QED) is 0.782. The summed E-state index contributed by atoms with van der Waals surface area (Å²) in [5, 5.41) is 5.38. The molecule has 2 N–H and O–H groups in total. The molecule has 0 atom stereocenters. The van der Waals surface area contributed by atoms with Crippen molar-refractivity contribution in [3.63, 3.8) is 0 Å². The smallest absolute Gasteiger partial charge is 0.248 e. The van der Waals surface area contributed by atoms with Crippen molar-refractivity contribution in [2.45, 2.75) is 6.42 Å². The van der Waals surface area contributed by atoms with Gasteiger partial charge in [0.05, 0.1) is 10.2 Å². The van der Waals surface area contributed by atoms with Gasteiger partial charge >= 0.3 is 0 Å². The topological polar surface area (TPSA) is 58.2 Å². The van der Waals surface area contributed by atoms with Crippen molar-refractivity contribution in [1.82, 2.24) is 5.32 Å². The fourth-order valence-electron chi connectivity index (χ4n) is 1.81. The zero-order chi connectivity index (χ0) is 15.9. The second-order valence-electron chi connectivity index (χ2n) is 4.47. The molecule has 0 aliphatic heterocycles. The molecule has 1 aromatic heterocycles. The van der Waals surface area contributed by atoms with Gasteiger partial charge < -0.3 is 10.6 Å². The van der Waals surface area contributed by atoms with Gasteiger partial charge in [-0.25, -0.2) is 0 Å². The molecule has 0 unspecified atom stereocenters. The molecule has 22 heavy (non-hydrogen) atoms. The summed E-state index contributed by atoms with van der Waals surface area (Å²) in [6.07, 6.45) is 3.47. The van der Waals surface area contributed by atoms with Gasteiger partial charge in [0.15, 0.2) is 0 Å². The minimum Gasteiger partial charge on any atom is -0.359 e. The van der Waals surface area contributed by atoms with Crippen molar-refractivity contribution >= 4 is 50.8 Å². The van der Waals surface area contributed by atoms with Crippen LogP contribution in [0.1, 0.15) is 10.4 Å². The summed E-state index contributed by atoms with van der Waals surface area (Å²) in [6.45, 7) is 0. The molecule has 0 aliphatic rings. The Morgan fingerprint density at radius 1 is 1.23 bits per heavy atom. The van der Waals surface area contributed by atoms with E-state index in [1.54, 1.807) is 30.5 Å². The Morgan fingerprint density at radius 3 is 2.68 bits per heavy atom. The first-order valence-corrected chi connectivity index (χ1v) is 8.22. The summed E-state index contributed by atoms with van der Waals surface area (Å²) in [5.41, 5.74) is 1.43. The van der Waals surface area contributed by atoms with Crippen LogP contribution in [0.3, 0.4) is 0 Å². The second kappa shape index (κ2) is 7.91. The molecule has 114 valence electrons. The minimum atomic E-state index is -0.228. The van der Waals surface area contributed by atoms with E-state index >= 15 is 0 Å². The van der Waals surface area contributed by atoms with Crippen LogP contribution in [0.4, 0.5) is 5.69 Å². The number of amides is 2. The summed E-state index contributed by atoms with van der Waals surface area (Å²) in [6, 6.07) is 11.1. The molecular weight excluding hydrogens is 364 g/mol. The average Bonchev–Trinajstić information content (AvgIpc) is 2.92. The van der Waals surface area contributed by atoms with E-state index in [1.807, 2.05) is 30.3 Å². The van der Waals surface area contributed by atoms with E-state index in [4.69, 9.17) is 0 Å². The first kappa shape index (κ1) is 16.5. The lowest BCUT2D eigenvalue weighted by molar-refractivity contribution is -0.120. The Labute approximate surface area is 141 Å². The highest BCUT2D eigenvalue weighted by Gasteiger charge is 2.08. The second-order valence-corrected chi connectivity index (χ2v) is 6.97. The maximum atomic E-state index is 12.0. The van der Waals surface area contributed by atoms with Crippen molar-refractivity contribution in [1.29, 1.82) is 0 Å². The number of hydrogen-bond donors (Lipinski definition) is 2. The summed E-state index contributed by atoms with van der Waals surface area (Å²) in [4.78, 5) is 24.5. The number of thiophene rings is 1. The SMILES string of the molecule is CNC(=O)Cc1ccccc1NC(=O)/C=C/c1ccc(Br)s1. The molecule has 1 heterocycles.